The molecule has 0 heterocycles. The van der Waals surface area contributed by atoms with Crippen LogP contribution in [0.5, 0.6) is 0 Å². The molecule has 0 radical (unpaired) electrons. The first kappa shape index (κ1) is 14.9. The van der Waals surface area contributed by atoms with E-state index in [2.05, 4.69) is 17.6 Å². The van der Waals surface area contributed by atoms with E-state index in [1.54, 1.807) is 0 Å². The summed E-state index contributed by atoms with van der Waals surface area (Å²) in [5, 5.41) is 6.38. The lowest BCUT2D eigenvalue weighted by Gasteiger charge is -2.13. The molecule has 3 heteroatoms. The summed E-state index contributed by atoms with van der Waals surface area (Å²) in [6, 6.07) is 7.75. The maximum absolute atomic E-state index is 12.3. The number of hydrogen-bond donors (Lipinski definition) is 2. The first-order valence-corrected chi connectivity index (χ1v) is 7.92. The first-order valence-electron chi connectivity index (χ1n) is 7.92. The minimum atomic E-state index is 0.0437. The monoisotopic (exact) mass is 274 g/mol. The van der Waals surface area contributed by atoms with Crippen LogP contribution in [-0.4, -0.2) is 19.0 Å². The van der Waals surface area contributed by atoms with E-state index < -0.39 is 0 Å². The largest absolute Gasteiger partial charge is 0.384 e. The molecule has 0 saturated heterocycles. The minimum Gasteiger partial charge on any atom is -0.384 e. The topological polar surface area (TPSA) is 41.1 Å². The second-order valence-electron chi connectivity index (χ2n) is 5.67. The fourth-order valence-electron chi connectivity index (χ4n) is 2.88. The second-order valence-corrected chi connectivity index (χ2v) is 5.67. The standard InChI is InChI=1S/C17H26N2O/c1-2-12-18-16-10-6-5-9-15(16)17(20)19-13-11-14-7-3-4-8-14/h5-6,9-10,14,18H,2-4,7-8,11-13H2,1H3,(H,19,20). The number of benzene rings is 1. The van der Waals surface area contributed by atoms with Gasteiger partial charge in [0.15, 0.2) is 0 Å². The van der Waals surface area contributed by atoms with E-state index in [4.69, 9.17) is 0 Å². The molecule has 20 heavy (non-hydrogen) atoms. The Labute approximate surface area is 122 Å². The van der Waals surface area contributed by atoms with Crippen molar-refractivity contribution in [3.05, 3.63) is 29.8 Å². The highest BCUT2D eigenvalue weighted by Gasteiger charge is 2.15. The van der Waals surface area contributed by atoms with Crippen LogP contribution in [0.3, 0.4) is 0 Å². The molecule has 1 fully saturated rings. The third-order valence-corrected chi connectivity index (χ3v) is 4.05. The van der Waals surface area contributed by atoms with Crippen LogP contribution in [0.1, 0.15) is 55.8 Å². The van der Waals surface area contributed by atoms with Crippen LogP contribution in [0.2, 0.25) is 0 Å². The number of rotatable bonds is 7. The third-order valence-electron chi connectivity index (χ3n) is 4.05. The first-order chi connectivity index (χ1) is 9.81. The summed E-state index contributed by atoms with van der Waals surface area (Å²) in [5.74, 6) is 0.867. The molecule has 1 aromatic carbocycles. The minimum absolute atomic E-state index is 0.0437. The Bertz CT molecular complexity index is 425. The molecule has 0 aromatic heterocycles. The number of anilines is 1. The summed E-state index contributed by atoms with van der Waals surface area (Å²) in [6.07, 6.45) is 7.58. The molecule has 0 bridgehead atoms. The third kappa shape index (κ3) is 4.26. The zero-order chi connectivity index (χ0) is 14.2. The molecule has 0 spiro atoms. The Morgan fingerprint density at radius 1 is 1.20 bits per heavy atom. The molecule has 0 aliphatic heterocycles. The van der Waals surface area contributed by atoms with Gasteiger partial charge in [-0.25, -0.2) is 0 Å². The highest BCUT2D eigenvalue weighted by molar-refractivity contribution is 5.99. The maximum atomic E-state index is 12.3. The van der Waals surface area contributed by atoms with Crippen molar-refractivity contribution < 1.29 is 4.79 Å². The lowest BCUT2D eigenvalue weighted by Crippen LogP contribution is -2.26. The average molecular weight is 274 g/mol. The molecule has 1 aliphatic carbocycles. The smallest absolute Gasteiger partial charge is 0.253 e. The Balaban J connectivity index is 1.84. The lowest BCUT2D eigenvalue weighted by molar-refractivity contribution is 0.0952. The van der Waals surface area contributed by atoms with E-state index in [0.29, 0.717) is 0 Å². The van der Waals surface area contributed by atoms with Gasteiger partial charge in [0.2, 0.25) is 0 Å². The summed E-state index contributed by atoms with van der Waals surface area (Å²) >= 11 is 0. The van der Waals surface area contributed by atoms with Gasteiger partial charge in [-0.3, -0.25) is 4.79 Å². The molecule has 3 nitrogen and oxygen atoms in total. The highest BCUT2D eigenvalue weighted by atomic mass is 16.1. The van der Waals surface area contributed by atoms with Gasteiger partial charge in [-0.05, 0) is 30.9 Å². The predicted molar refractivity (Wildman–Crippen MR) is 84.1 cm³/mol. The van der Waals surface area contributed by atoms with Gasteiger partial charge in [0.1, 0.15) is 0 Å². The summed E-state index contributed by atoms with van der Waals surface area (Å²) in [7, 11) is 0. The molecule has 1 amide bonds. The van der Waals surface area contributed by atoms with Crippen molar-refractivity contribution in [1.29, 1.82) is 0 Å². The lowest BCUT2D eigenvalue weighted by atomic mass is 10.0. The Morgan fingerprint density at radius 3 is 2.70 bits per heavy atom. The molecule has 1 aliphatic rings. The normalized spacial score (nSPS) is 15.2. The van der Waals surface area contributed by atoms with Gasteiger partial charge in [-0.1, -0.05) is 44.7 Å². The fraction of sp³-hybridized carbons (Fsp3) is 0.588. The van der Waals surface area contributed by atoms with Gasteiger partial charge in [0, 0.05) is 18.8 Å². The molecule has 1 aromatic rings. The Kier molecular flexibility index (Phi) is 5.90. The molecule has 1 saturated carbocycles. The fourth-order valence-corrected chi connectivity index (χ4v) is 2.88. The van der Waals surface area contributed by atoms with Crippen molar-refractivity contribution in [2.75, 3.05) is 18.4 Å². The van der Waals surface area contributed by atoms with Crippen LogP contribution in [0.15, 0.2) is 24.3 Å². The van der Waals surface area contributed by atoms with Crippen LogP contribution in [0.4, 0.5) is 5.69 Å². The van der Waals surface area contributed by atoms with Crippen molar-refractivity contribution in [3.63, 3.8) is 0 Å². The zero-order valence-corrected chi connectivity index (χ0v) is 12.5. The van der Waals surface area contributed by atoms with Crippen LogP contribution < -0.4 is 10.6 Å². The van der Waals surface area contributed by atoms with Gasteiger partial charge in [0.25, 0.3) is 5.91 Å². The van der Waals surface area contributed by atoms with E-state index >= 15 is 0 Å². The van der Waals surface area contributed by atoms with Gasteiger partial charge in [-0.15, -0.1) is 0 Å². The molecule has 0 unspecified atom stereocenters. The van der Waals surface area contributed by atoms with E-state index in [9.17, 15) is 4.79 Å². The number of amides is 1. The van der Waals surface area contributed by atoms with E-state index in [1.165, 1.54) is 25.7 Å². The number of carbonyl (C=O) groups is 1. The summed E-state index contributed by atoms with van der Waals surface area (Å²) < 4.78 is 0. The van der Waals surface area contributed by atoms with Gasteiger partial charge in [0.05, 0.1) is 5.56 Å². The number of nitrogens with one attached hydrogen (secondary N) is 2. The van der Waals surface area contributed by atoms with Gasteiger partial charge in [-0.2, -0.15) is 0 Å². The van der Waals surface area contributed by atoms with Crippen molar-refractivity contribution in [1.82, 2.24) is 5.32 Å². The molecule has 2 N–H and O–H groups in total. The maximum Gasteiger partial charge on any atom is 0.253 e. The summed E-state index contributed by atoms with van der Waals surface area (Å²) in [4.78, 5) is 12.3. The van der Waals surface area contributed by atoms with Crippen molar-refractivity contribution in [2.24, 2.45) is 5.92 Å². The van der Waals surface area contributed by atoms with E-state index in [0.717, 1.165) is 43.1 Å². The predicted octanol–water partition coefficient (Wildman–Crippen LogP) is 3.82. The van der Waals surface area contributed by atoms with Gasteiger partial charge < -0.3 is 10.6 Å². The SMILES string of the molecule is CCCNc1ccccc1C(=O)NCCC1CCCC1. The quantitative estimate of drug-likeness (QED) is 0.793. The molecule has 0 atom stereocenters. The van der Waals surface area contributed by atoms with Crippen LogP contribution >= 0.6 is 0 Å². The molecule has 2 rings (SSSR count). The Hall–Kier alpha value is -1.51. The zero-order valence-electron chi connectivity index (χ0n) is 12.5. The Morgan fingerprint density at radius 2 is 1.95 bits per heavy atom. The van der Waals surface area contributed by atoms with Crippen LogP contribution in [0, 0.1) is 5.92 Å². The van der Waals surface area contributed by atoms with E-state index in [1.807, 2.05) is 24.3 Å². The summed E-state index contributed by atoms with van der Waals surface area (Å²) in [6.45, 7) is 3.81. The number of para-hydroxylation sites is 1. The van der Waals surface area contributed by atoms with Crippen molar-refractivity contribution >= 4 is 11.6 Å². The molecular formula is C17H26N2O. The number of carbonyl (C=O) groups excluding carboxylic acids is 1. The van der Waals surface area contributed by atoms with Crippen LogP contribution in [-0.2, 0) is 0 Å². The molecular weight excluding hydrogens is 248 g/mol. The summed E-state index contributed by atoms with van der Waals surface area (Å²) in [5.41, 5.74) is 1.69. The van der Waals surface area contributed by atoms with Crippen LogP contribution in [0.25, 0.3) is 0 Å². The number of hydrogen-bond acceptors (Lipinski definition) is 2. The van der Waals surface area contributed by atoms with Gasteiger partial charge >= 0.3 is 0 Å². The van der Waals surface area contributed by atoms with Crippen molar-refractivity contribution in [2.45, 2.75) is 45.4 Å². The van der Waals surface area contributed by atoms with E-state index in [-0.39, 0.29) is 5.91 Å². The average Bonchev–Trinajstić information content (AvgIpc) is 2.98. The highest BCUT2D eigenvalue weighted by Crippen LogP contribution is 2.27. The second kappa shape index (κ2) is 7.93. The molecule has 110 valence electrons. The van der Waals surface area contributed by atoms with Crippen molar-refractivity contribution in [3.8, 4) is 0 Å².